The Labute approximate surface area is 232 Å². The molecule has 10 nitrogen and oxygen atoms in total. The van der Waals surface area contributed by atoms with Gasteiger partial charge in [-0.15, -0.1) is 24.5 Å². The molecule has 0 spiro atoms. The summed E-state index contributed by atoms with van der Waals surface area (Å²) in [5.41, 5.74) is 1.46. The molecule has 0 unspecified atom stereocenters. The first-order valence-electron chi connectivity index (χ1n) is 12.1. The summed E-state index contributed by atoms with van der Waals surface area (Å²) in [7, 11) is 2.92. The Morgan fingerprint density at radius 3 is 2.42 bits per heavy atom. The standard InChI is InChI=1S/C26H29F3N4O6S/c1-37-19-8-9-20(22(14-19)38-2)24(36)32-25-33(12-3-10-30-15-23(35)31-11-13-34)21(16-40-25)17-4-6-18(7-5-17)39-26(27,28)29/h4-9,14,16,30,34H,3,10-13,15H2,1-2H3,(H,31,35). The van der Waals surface area contributed by atoms with Crippen molar-refractivity contribution in [2.45, 2.75) is 19.3 Å². The van der Waals surface area contributed by atoms with Gasteiger partial charge in [0.05, 0.1) is 38.6 Å². The minimum absolute atomic E-state index is 0.0643. The van der Waals surface area contributed by atoms with E-state index in [9.17, 15) is 22.8 Å². The molecule has 3 aromatic rings. The number of aromatic nitrogens is 1. The molecule has 3 rings (SSSR count). The van der Waals surface area contributed by atoms with Crippen LogP contribution in [0.3, 0.4) is 0 Å². The third-order valence-corrected chi connectivity index (χ3v) is 6.34. The van der Waals surface area contributed by atoms with Gasteiger partial charge in [-0.25, -0.2) is 0 Å². The fourth-order valence-corrected chi connectivity index (χ4v) is 4.57. The molecule has 14 heteroatoms. The molecule has 0 aliphatic rings. The van der Waals surface area contributed by atoms with E-state index in [-0.39, 0.29) is 36.9 Å². The highest BCUT2D eigenvalue weighted by Gasteiger charge is 2.31. The van der Waals surface area contributed by atoms with E-state index in [0.29, 0.717) is 47.1 Å². The number of carbonyl (C=O) groups is 2. The molecule has 0 bridgehead atoms. The van der Waals surface area contributed by atoms with Crippen LogP contribution in [0.15, 0.2) is 52.8 Å². The Bertz CT molecular complexity index is 1360. The van der Waals surface area contributed by atoms with Gasteiger partial charge in [-0.3, -0.25) is 9.59 Å². The smallest absolute Gasteiger partial charge is 0.497 e. The first-order chi connectivity index (χ1) is 19.1. The van der Waals surface area contributed by atoms with E-state index in [2.05, 4.69) is 20.4 Å². The van der Waals surface area contributed by atoms with Crippen LogP contribution in [0.5, 0.6) is 17.2 Å². The van der Waals surface area contributed by atoms with Crippen LogP contribution in [0.4, 0.5) is 13.2 Å². The number of halogens is 3. The molecule has 0 atom stereocenters. The Hall–Kier alpha value is -3.88. The van der Waals surface area contributed by atoms with E-state index in [1.807, 2.05) is 0 Å². The lowest BCUT2D eigenvalue weighted by atomic mass is 10.1. The lowest BCUT2D eigenvalue weighted by Crippen LogP contribution is -2.36. The molecule has 0 aliphatic carbocycles. The van der Waals surface area contributed by atoms with Crippen molar-refractivity contribution in [3.8, 4) is 28.5 Å². The molecule has 3 N–H and O–H groups in total. The maximum absolute atomic E-state index is 13.1. The fourth-order valence-electron chi connectivity index (χ4n) is 3.64. The zero-order chi connectivity index (χ0) is 29.1. The SMILES string of the molecule is COc1ccc(C(=O)N=c2scc(-c3ccc(OC(F)(F)F)cc3)n2CCCNCC(=O)NCCO)c(OC)c1. The van der Waals surface area contributed by atoms with E-state index >= 15 is 0 Å². The number of thiazole rings is 1. The topological polar surface area (TPSA) is 123 Å². The van der Waals surface area contributed by atoms with Gasteiger partial charge in [0.25, 0.3) is 5.91 Å². The zero-order valence-corrected chi connectivity index (χ0v) is 22.6. The van der Waals surface area contributed by atoms with E-state index in [0.717, 1.165) is 0 Å². The molecular formula is C26H29F3N4O6S. The summed E-state index contributed by atoms with van der Waals surface area (Å²) in [6, 6.07) is 10.1. The average Bonchev–Trinajstić information content (AvgIpc) is 3.32. The Morgan fingerprint density at radius 1 is 1.05 bits per heavy atom. The number of aliphatic hydroxyl groups excluding tert-OH is 1. The highest BCUT2D eigenvalue weighted by Crippen LogP contribution is 2.28. The molecule has 216 valence electrons. The van der Waals surface area contributed by atoms with Crippen LogP contribution in [0.2, 0.25) is 0 Å². The number of alkyl halides is 3. The molecule has 0 fully saturated rings. The van der Waals surface area contributed by atoms with Crippen molar-refractivity contribution in [1.29, 1.82) is 0 Å². The van der Waals surface area contributed by atoms with Gasteiger partial charge < -0.3 is 34.5 Å². The van der Waals surface area contributed by atoms with Crippen molar-refractivity contribution in [3.05, 3.63) is 58.2 Å². The number of hydrogen-bond donors (Lipinski definition) is 3. The number of rotatable bonds is 13. The molecule has 0 aliphatic heterocycles. The van der Waals surface area contributed by atoms with Crippen molar-refractivity contribution in [1.82, 2.24) is 15.2 Å². The predicted molar refractivity (Wildman–Crippen MR) is 141 cm³/mol. The number of amides is 2. The van der Waals surface area contributed by atoms with Crippen molar-refractivity contribution < 1.29 is 42.1 Å². The Balaban J connectivity index is 1.87. The van der Waals surface area contributed by atoms with Gasteiger partial charge in [-0.1, -0.05) is 0 Å². The average molecular weight is 583 g/mol. The van der Waals surface area contributed by atoms with Gasteiger partial charge >= 0.3 is 6.36 Å². The number of methoxy groups -OCH3 is 2. The van der Waals surface area contributed by atoms with Gasteiger partial charge in [0.15, 0.2) is 4.80 Å². The molecule has 2 aromatic carbocycles. The van der Waals surface area contributed by atoms with Crippen LogP contribution >= 0.6 is 11.3 Å². The Morgan fingerprint density at radius 2 is 1.77 bits per heavy atom. The molecular weight excluding hydrogens is 553 g/mol. The number of hydrogen-bond acceptors (Lipinski definition) is 8. The number of aliphatic hydroxyl groups is 1. The highest BCUT2D eigenvalue weighted by molar-refractivity contribution is 7.07. The van der Waals surface area contributed by atoms with Crippen LogP contribution < -0.4 is 29.6 Å². The largest absolute Gasteiger partial charge is 0.573 e. The number of ether oxygens (including phenoxy) is 3. The van der Waals surface area contributed by atoms with Crippen LogP contribution in [-0.4, -0.2) is 68.3 Å². The van der Waals surface area contributed by atoms with Crippen LogP contribution in [0.25, 0.3) is 11.3 Å². The van der Waals surface area contributed by atoms with Crippen LogP contribution in [0, 0.1) is 0 Å². The summed E-state index contributed by atoms with van der Waals surface area (Å²) in [4.78, 5) is 29.5. The van der Waals surface area contributed by atoms with Crippen LogP contribution in [0.1, 0.15) is 16.8 Å². The van der Waals surface area contributed by atoms with E-state index in [1.54, 1.807) is 28.1 Å². The third-order valence-electron chi connectivity index (χ3n) is 5.47. The molecule has 0 saturated carbocycles. The fraction of sp³-hybridized carbons (Fsp3) is 0.346. The van der Waals surface area contributed by atoms with Crippen molar-refractivity contribution in [2.75, 3.05) is 40.5 Å². The van der Waals surface area contributed by atoms with E-state index < -0.39 is 12.3 Å². The normalized spacial score (nSPS) is 11.8. The van der Waals surface area contributed by atoms with Crippen molar-refractivity contribution in [3.63, 3.8) is 0 Å². The predicted octanol–water partition coefficient (Wildman–Crippen LogP) is 2.96. The van der Waals surface area contributed by atoms with Gasteiger partial charge in [-0.2, -0.15) is 4.99 Å². The van der Waals surface area contributed by atoms with Gasteiger partial charge in [-0.05, 0) is 54.9 Å². The van der Waals surface area contributed by atoms with Gasteiger partial charge in [0.1, 0.15) is 17.2 Å². The van der Waals surface area contributed by atoms with Gasteiger partial charge in [0.2, 0.25) is 5.91 Å². The quantitative estimate of drug-likeness (QED) is 0.265. The maximum Gasteiger partial charge on any atom is 0.573 e. The summed E-state index contributed by atoms with van der Waals surface area (Å²) in [5.74, 6) is -0.353. The number of nitrogens with one attached hydrogen (secondary N) is 2. The molecule has 2 amide bonds. The second kappa shape index (κ2) is 14.5. The molecule has 1 heterocycles. The van der Waals surface area contributed by atoms with Gasteiger partial charge in [0, 0.05) is 24.5 Å². The number of benzene rings is 2. The number of nitrogens with zero attached hydrogens (tertiary/aromatic N) is 2. The van der Waals surface area contributed by atoms with E-state index in [4.69, 9.17) is 14.6 Å². The summed E-state index contributed by atoms with van der Waals surface area (Å²) in [5, 5.41) is 16.1. The molecule has 0 radical (unpaired) electrons. The second-order valence-corrected chi connectivity index (χ2v) is 9.05. The first kappa shape index (κ1) is 30.7. The summed E-state index contributed by atoms with van der Waals surface area (Å²) >= 11 is 1.20. The van der Waals surface area contributed by atoms with Crippen molar-refractivity contribution >= 4 is 23.2 Å². The summed E-state index contributed by atoms with van der Waals surface area (Å²) in [6.07, 6.45) is -4.26. The zero-order valence-electron chi connectivity index (χ0n) is 21.8. The molecule has 0 saturated heterocycles. The van der Waals surface area contributed by atoms with Crippen LogP contribution in [-0.2, 0) is 11.3 Å². The van der Waals surface area contributed by atoms with Crippen molar-refractivity contribution in [2.24, 2.45) is 4.99 Å². The summed E-state index contributed by atoms with van der Waals surface area (Å²) in [6.45, 7) is 0.914. The number of carbonyl (C=O) groups excluding carboxylic acids is 2. The monoisotopic (exact) mass is 582 g/mol. The third kappa shape index (κ3) is 8.83. The Kier molecular flexibility index (Phi) is 11.1. The maximum atomic E-state index is 13.1. The lowest BCUT2D eigenvalue weighted by molar-refractivity contribution is -0.274. The molecule has 1 aromatic heterocycles. The minimum Gasteiger partial charge on any atom is -0.497 e. The first-order valence-corrected chi connectivity index (χ1v) is 13.0. The minimum atomic E-state index is -4.80. The molecule has 40 heavy (non-hydrogen) atoms. The highest BCUT2D eigenvalue weighted by atomic mass is 32.1. The lowest BCUT2D eigenvalue weighted by Gasteiger charge is -2.12. The van der Waals surface area contributed by atoms with E-state index in [1.165, 1.54) is 49.8 Å². The second-order valence-electron chi connectivity index (χ2n) is 8.21. The summed E-state index contributed by atoms with van der Waals surface area (Å²) < 4.78 is 54.0.